The molecule has 0 aliphatic rings. The van der Waals surface area contributed by atoms with Gasteiger partial charge in [0, 0.05) is 17.9 Å². The zero-order valence-corrected chi connectivity index (χ0v) is 14.3. The van der Waals surface area contributed by atoms with E-state index in [2.05, 4.69) is 0 Å². The Morgan fingerprint density at radius 1 is 1.17 bits per heavy atom. The lowest BCUT2D eigenvalue weighted by Crippen LogP contribution is -2.10. The normalized spacial score (nSPS) is 10.6. The molecule has 2 rings (SSSR count). The number of carboxylic acid groups (broad SMARTS) is 1. The van der Waals surface area contributed by atoms with E-state index in [-0.39, 0.29) is 12.4 Å². The van der Waals surface area contributed by atoms with Crippen molar-refractivity contribution in [3.8, 4) is 0 Å². The number of rotatable bonds is 7. The molecule has 0 unspecified atom stereocenters. The van der Waals surface area contributed by atoms with Crippen LogP contribution in [0.1, 0.15) is 46.2 Å². The summed E-state index contributed by atoms with van der Waals surface area (Å²) in [4.78, 5) is 23.3. The SMILES string of the molecule is CCOC(=O)c1c(C)c(CCC(=O)O)n(Cc2ccccc2)c1C. The Bertz CT molecular complexity index is 732. The fraction of sp³-hybridized carbons (Fsp3) is 0.368. The number of carbonyl (C=O) groups is 2. The number of esters is 1. The molecule has 0 atom stereocenters. The number of hydrogen-bond acceptors (Lipinski definition) is 3. The molecule has 0 radical (unpaired) electrons. The molecule has 2 aromatic rings. The van der Waals surface area contributed by atoms with Gasteiger partial charge < -0.3 is 14.4 Å². The molecule has 0 saturated carbocycles. The number of nitrogens with zero attached hydrogens (tertiary/aromatic N) is 1. The minimum Gasteiger partial charge on any atom is -0.481 e. The molecule has 0 amide bonds. The molecule has 0 saturated heterocycles. The van der Waals surface area contributed by atoms with Crippen LogP contribution in [0.25, 0.3) is 0 Å². The van der Waals surface area contributed by atoms with Crippen molar-refractivity contribution in [1.29, 1.82) is 0 Å². The quantitative estimate of drug-likeness (QED) is 0.791. The lowest BCUT2D eigenvalue weighted by molar-refractivity contribution is -0.137. The summed E-state index contributed by atoms with van der Waals surface area (Å²) < 4.78 is 7.19. The van der Waals surface area contributed by atoms with Crippen LogP contribution in [0, 0.1) is 13.8 Å². The number of carbonyl (C=O) groups excluding carboxylic acids is 1. The number of carboxylic acids is 1. The Hall–Kier alpha value is -2.56. The van der Waals surface area contributed by atoms with E-state index in [9.17, 15) is 9.59 Å². The molecular weight excluding hydrogens is 306 g/mol. The van der Waals surface area contributed by atoms with Gasteiger partial charge in [-0.25, -0.2) is 4.79 Å². The Morgan fingerprint density at radius 2 is 1.83 bits per heavy atom. The highest BCUT2D eigenvalue weighted by Gasteiger charge is 2.23. The monoisotopic (exact) mass is 329 g/mol. The van der Waals surface area contributed by atoms with E-state index >= 15 is 0 Å². The van der Waals surface area contributed by atoms with Crippen molar-refractivity contribution in [1.82, 2.24) is 4.57 Å². The van der Waals surface area contributed by atoms with Crippen molar-refractivity contribution in [2.45, 2.75) is 40.2 Å². The topological polar surface area (TPSA) is 68.5 Å². The standard InChI is InChI=1S/C19H23NO4/c1-4-24-19(23)18-13(2)16(10-11-17(21)22)20(14(18)3)12-15-8-6-5-7-9-15/h5-9H,4,10-12H2,1-3H3,(H,21,22). The van der Waals surface area contributed by atoms with Crippen molar-refractivity contribution in [3.05, 3.63) is 58.4 Å². The third-order valence-corrected chi connectivity index (χ3v) is 4.14. The van der Waals surface area contributed by atoms with Gasteiger partial charge in [-0.1, -0.05) is 30.3 Å². The first kappa shape index (κ1) is 17.8. The van der Waals surface area contributed by atoms with Gasteiger partial charge in [-0.3, -0.25) is 4.79 Å². The van der Waals surface area contributed by atoms with Gasteiger partial charge in [0.1, 0.15) is 0 Å². The molecule has 0 bridgehead atoms. The molecule has 0 aliphatic heterocycles. The first-order chi connectivity index (χ1) is 11.5. The number of aliphatic carboxylic acids is 1. The maximum Gasteiger partial charge on any atom is 0.340 e. The Kier molecular flexibility index (Phi) is 5.79. The second-order valence-electron chi connectivity index (χ2n) is 5.72. The smallest absolute Gasteiger partial charge is 0.340 e. The Labute approximate surface area is 141 Å². The minimum atomic E-state index is -0.850. The number of hydrogen-bond donors (Lipinski definition) is 1. The lowest BCUT2D eigenvalue weighted by Gasteiger charge is -2.12. The highest BCUT2D eigenvalue weighted by molar-refractivity contribution is 5.93. The van der Waals surface area contributed by atoms with E-state index < -0.39 is 5.97 Å². The van der Waals surface area contributed by atoms with E-state index in [1.807, 2.05) is 48.7 Å². The number of ether oxygens (including phenoxy) is 1. The first-order valence-corrected chi connectivity index (χ1v) is 8.07. The lowest BCUT2D eigenvalue weighted by atomic mass is 10.1. The van der Waals surface area contributed by atoms with Crippen molar-refractivity contribution in [2.75, 3.05) is 6.61 Å². The van der Waals surface area contributed by atoms with E-state index in [1.54, 1.807) is 6.92 Å². The van der Waals surface area contributed by atoms with Gasteiger partial charge in [0.15, 0.2) is 0 Å². The van der Waals surface area contributed by atoms with Gasteiger partial charge in [-0.15, -0.1) is 0 Å². The highest BCUT2D eigenvalue weighted by Crippen LogP contribution is 2.25. The van der Waals surface area contributed by atoms with Gasteiger partial charge in [-0.2, -0.15) is 0 Å². The van der Waals surface area contributed by atoms with Crippen LogP contribution >= 0.6 is 0 Å². The third kappa shape index (κ3) is 3.85. The molecule has 1 N–H and O–H groups in total. The van der Waals surface area contributed by atoms with E-state index in [0.717, 1.165) is 22.5 Å². The summed E-state index contributed by atoms with van der Waals surface area (Å²) in [6, 6.07) is 9.90. The molecular formula is C19H23NO4. The average Bonchev–Trinajstić information content (AvgIpc) is 2.77. The van der Waals surface area contributed by atoms with Crippen LogP contribution in [-0.2, 0) is 22.5 Å². The van der Waals surface area contributed by atoms with Gasteiger partial charge in [0.2, 0.25) is 0 Å². The molecule has 5 heteroatoms. The summed E-state index contributed by atoms with van der Waals surface area (Å²) in [5, 5.41) is 9.01. The van der Waals surface area contributed by atoms with Crippen LogP contribution in [-0.4, -0.2) is 28.2 Å². The summed E-state index contributed by atoms with van der Waals surface area (Å²) in [5.41, 5.74) is 4.15. The summed E-state index contributed by atoms with van der Waals surface area (Å²) in [5.74, 6) is -1.20. The van der Waals surface area contributed by atoms with E-state index in [1.165, 1.54) is 0 Å². The van der Waals surface area contributed by atoms with Gasteiger partial charge in [-0.05, 0) is 38.3 Å². The van der Waals surface area contributed by atoms with Crippen molar-refractivity contribution in [3.63, 3.8) is 0 Å². The summed E-state index contributed by atoms with van der Waals surface area (Å²) in [6.45, 7) is 6.42. The maximum atomic E-state index is 12.3. The van der Waals surface area contributed by atoms with Crippen LogP contribution in [0.15, 0.2) is 30.3 Å². The molecule has 5 nitrogen and oxygen atoms in total. The van der Waals surface area contributed by atoms with Crippen molar-refractivity contribution >= 4 is 11.9 Å². The largest absolute Gasteiger partial charge is 0.481 e. The van der Waals surface area contributed by atoms with Crippen LogP contribution in [0.4, 0.5) is 0 Å². The minimum absolute atomic E-state index is 0.0291. The van der Waals surface area contributed by atoms with Gasteiger partial charge in [0.05, 0.1) is 18.6 Å². The van der Waals surface area contributed by atoms with E-state index in [0.29, 0.717) is 25.1 Å². The number of benzene rings is 1. The summed E-state index contributed by atoms with van der Waals surface area (Å²) >= 11 is 0. The van der Waals surface area contributed by atoms with Crippen LogP contribution in [0.2, 0.25) is 0 Å². The molecule has 1 aromatic heterocycles. The van der Waals surface area contributed by atoms with Crippen molar-refractivity contribution < 1.29 is 19.4 Å². The molecule has 0 aliphatic carbocycles. The van der Waals surface area contributed by atoms with Gasteiger partial charge in [0.25, 0.3) is 0 Å². The Morgan fingerprint density at radius 3 is 2.42 bits per heavy atom. The van der Waals surface area contributed by atoms with Gasteiger partial charge >= 0.3 is 11.9 Å². The van der Waals surface area contributed by atoms with Crippen LogP contribution in [0.3, 0.4) is 0 Å². The predicted molar refractivity (Wildman–Crippen MR) is 91.4 cm³/mol. The van der Waals surface area contributed by atoms with E-state index in [4.69, 9.17) is 9.84 Å². The fourth-order valence-electron chi connectivity index (χ4n) is 2.99. The van der Waals surface area contributed by atoms with Crippen LogP contribution in [0.5, 0.6) is 0 Å². The maximum absolute atomic E-state index is 12.3. The third-order valence-electron chi connectivity index (χ3n) is 4.14. The van der Waals surface area contributed by atoms with Crippen LogP contribution < -0.4 is 0 Å². The number of aromatic nitrogens is 1. The summed E-state index contributed by atoms with van der Waals surface area (Å²) in [6.07, 6.45) is 0.412. The molecule has 128 valence electrons. The molecule has 1 heterocycles. The molecule has 1 aromatic carbocycles. The molecule has 0 fully saturated rings. The molecule has 24 heavy (non-hydrogen) atoms. The molecule has 0 spiro atoms. The second kappa shape index (κ2) is 7.81. The average molecular weight is 329 g/mol. The second-order valence-corrected chi connectivity index (χ2v) is 5.72. The first-order valence-electron chi connectivity index (χ1n) is 8.07. The zero-order valence-electron chi connectivity index (χ0n) is 14.3. The Balaban J connectivity index is 2.46. The fourth-order valence-corrected chi connectivity index (χ4v) is 2.99. The summed E-state index contributed by atoms with van der Waals surface area (Å²) in [7, 11) is 0. The predicted octanol–water partition coefficient (Wildman–Crippen LogP) is 3.35. The highest BCUT2D eigenvalue weighted by atomic mass is 16.5. The zero-order chi connectivity index (χ0) is 17.7. The van der Waals surface area contributed by atoms with Crippen molar-refractivity contribution in [2.24, 2.45) is 0 Å².